The lowest BCUT2D eigenvalue weighted by atomic mass is 10.5. The molecule has 2 amide bonds. The summed E-state index contributed by atoms with van der Waals surface area (Å²) in [7, 11) is 5.38. The molecule has 0 atom stereocenters. The lowest BCUT2D eigenvalue weighted by molar-refractivity contribution is -0.315. The first kappa shape index (κ1) is 10.9. The summed E-state index contributed by atoms with van der Waals surface area (Å²) < 4.78 is 0. The van der Waals surface area contributed by atoms with Crippen LogP contribution < -0.4 is 0 Å². The van der Waals surface area contributed by atoms with Crippen LogP contribution in [0.3, 0.4) is 0 Å². The summed E-state index contributed by atoms with van der Waals surface area (Å²) in [5, 5.41) is 0.502. The van der Waals surface area contributed by atoms with E-state index in [2.05, 4.69) is 9.68 Å². The number of amides is 2. The monoisotopic (exact) mass is 176 g/mol. The molecule has 6 nitrogen and oxygen atoms in total. The Morgan fingerprint density at radius 3 is 1.67 bits per heavy atom. The fourth-order valence-electron chi connectivity index (χ4n) is 0.510. The SMILES string of the molecule is CON(OC)C(=O)C(=O)N(C)C. The molecule has 0 bridgehead atoms. The number of nitrogens with zero attached hydrogens (tertiary/aromatic N) is 2. The lowest BCUT2D eigenvalue weighted by Crippen LogP contribution is -2.41. The van der Waals surface area contributed by atoms with Crippen LogP contribution in [-0.2, 0) is 19.3 Å². The van der Waals surface area contributed by atoms with Gasteiger partial charge in [0, 0.05) is 14.1 Å². The number of carbonyl (C=O) groups is 2. The third-order valence-electron chi connectivity index (χ3n) is 1.09. The highest BCUT2D eigenvalue weighted by molar-refractivity contribution is 6.34. The minimum absolute atomic E-state index is 0.502. The van der Waals surface area contributed by atoms with E-state index in [4.69, 9.17) is 0 Å². The number of rotatable bonds is 2. The smallest absolute Gasteiger partial charge is 0.340 e. The van der Waals surface area contributed by atoms with Crippen LogP contribution in [0.5, 0.6) is 0 Å². The highest BCUT2D eigenvalue weighted by Crippen LogP contribution is 1.92. The molecule has 0 aliphatic heterocycles. The molecule has 0 spiro atoms. The Morgan fingerprint density at radius 1 is 1.00 bits per heavy atom. The van der Waals surface area contributed by atoms with Gasteiger partial charge in [0.2, 0.25) is 0 Å². The van der Waals surface area contributed by atoms with Crippen LogP contribution >= 0.6 is 0 Å². The molecule has 0 aliphatic rings. The second-order valence-electron chi connectivity index (χ2n) is 2.13. The molecule has 0 rings (SSSR count). The second-order valence-corrected chi connectivity index (χ2v) is 2.13. The number of hydrogen-bond donors (Lipinski definition) is 0. The van der Waals surface area contributed by atoms with Gasteiger partial charge in [-0.05, 0) is 0 Å². The van der Waals surface area contributed by atoms with Crippen LogP contribution in [-0.4, -0.2) is 50.3 Å². The third-order valence-corrected chi connectivity index (χ3v) is 1.09. The van der Waals surface area contributed by atoms with Crippen LogP contribution in [0.2, 0.25) is 0 Å². The highest BCUT2D eigenvalue weighted by atomic mass is 16.9. The van der Waals surface area contributed by atoms with Gasteiger partial charge in [-0.2, -0.15) is 0 Å². The molecule has 0 radical (unpaired) electrons. The van der Waals surface area contributed by atoms with E-state index in [9.17, 15) is 9.59 Å². The predicted molar refractivity (Wildman–Crippen MR) is 39.6 cm³/mol. The van der Waals surface area contributed by atoms with Crippen LogP contribution in [0.25, 0.3) is 0 Å². The standard InChI is InChI=1S/C6H12N2O4/c1-7(2)5(9)6(10)8(11-3)12-4/h1-4H3. The Hall–Kier alpha value is -1.14. The lowest BCUT2D eigenvalue weighted by Gasteiger charge is -2.17. The van der Waals surface area contributed by atoms with Gasteiger partial charge in [-0.25, -0.2) is 9.68 Å². The molecule has 0 aliphatic carbocycles. The topological polar surface area (TPSA) is 59.1 Å². The van der Waals surface area contributed by atoms with Crippen LogP contribution in [0, 0.1) is 0 Å². The van der Waals surface area contributed by atoms with Gasteiger partial charge in [0.25, 0.3) is 0 Å². The Kier molecular flexibility index (Phi) is 4.24. The Morgan fingerprint density at radius 2 is 1.42 bits per heavy atom. The Balaban J connectivity index is 4.26. The molecule has 70 valence electrons. The van der Waals surface area contributed by atoms with Gasteiger partial charge in [-0.1, -0.05) is 5.23 Å². The normalized spacial score (nSPS) is 9.33. The zero-order valence-electron chi connectivity index (χ0n) is 7.53. The van der Waals surface area contributed by atoms with Gasteiger partial charge in [0.1, 0.15) is 0 Å². The molecular weight excluding hydrogens is 164 g/mol. The largest absolute Gasteiger partial charge is 0.361 e. The fraction of sp³-hybridized carbons (Fsp3) is 0.667. The molecule has 6 heteroatoms. The molecule has 0 aromatic carbocycles. The van der Waals surface area contributed by atoms with E-state index in [0.29, 0.717) is 5.23 Å². The van der Waals surface area contributed by atoms with Gasteiger partial charge in [0.15, 0.2) is 0 Å². The fourth-order valence-corrected chi connectivity index (χ4v) is 0.510. The number of carbonyl (C=O) groups excluding carboxylic acids is 2. The molecule has 0 fully saturated rings. The maximum absolute atomic E-state index is 11.0. The summed E-state index contributed by atoms with van der Waals surface area (Å²) >= 11 is 0. The summed E-state index contributed by atoms with van der Waals surface area (Å²) in [6.45, 7) is 0. The third kappa shape index (κ3) is 2.48. The van der Waals surface area contributed by atoms with E-state index in [0.717, 1.165) is 4.90 Å². The van der Waals surface area contributed by atoms with E-state index in [1.165, 1.54) is 28.3 Å². The molecule has 0 aromatic rings. The zero-order valence-corrected chi connectivity index (χ0v) is 7.53. The van der Waals surface area contributed by atoms with Crippen molar-refractivity contribution in [2.75, 3.05) is 28.3 Å². The van der Waals surface area contributed by atoms with Gasteiger partial charge in [-0.15, -0.1) is 0 Å². The van der Waals surface area contributed by atoms with E-state index in [1.54, 1.807) is 0 Å². The summed E-state index contributed by atoms with van der Waals surface area (Å²) in [6.07, 6.45) is 0. The van der Waals surface area contributed by atoms with Crippen molar-refractivity contribution in [3.8, 4) is 0 Å². The van der Waals surface area contributed by atoms with Crippen LogP contribution in [0.4, 0.5) is 0 Å². The van der Waals surface area contributed by atoms with Crippen molar-refractivity contribution >= 4 is 11.8 Å². The van der Waals surface area contributed by atoms with Crippen molar-refractivity contribution in [3.63, 3.8) is 0 Å². The molecule has 0 saturated heterocycles. The maximum atomic E-state index is 11.0. The van der Waals surface area contributed by atoms with E-state index in [1.807, 2.05) is 0 Å². The zero-order chi connectivity index (χ0) is 9.72. The van der Waals surface area contributed by atoms with Gasteiger partial charge in [0.05, 0.1) is 14.2 Å². The molecule has 0 N–H and O–H groups in total. The Bertz CT molecular complexity index is 176. The van der Waals surface area contributed by atoms with Gasteiger partial charge < -0.3 is 4.90 Å². The molecule has 0 aromatic heterocycles. The average Bonchev–Trinajstić information content (AvgIpc) is 2.05. The van der Waals surface area contributed by atoms with Gasteiger partial charge in [-0.3, -0.25) is 9.59 Å². The molecular formula is C6H12N2O4. The number of hydrogen-bond acceptors (Lipinski definition) is 4. The Labute approximate surface area is 70.5 Å². The predicted octanol–water partition coefficient (Wildman–Crippen LogP) is -0.974. The van der Waals surface area contributed by atoms with Crippen LogP contribution in [0.1, 0.15) is 0 Å². The van der Waals surface area contributed by atoms with Crippen molar-refractivity contribution in [2.45, 2.75) is 0 Å². The van der Waals surface area contributed by atoms with Gasteiger partial charge >= 0.3 is 11.8 Å². The summed E-state index contributed by atoms with van der Waals surface area (Å²) in [6, 6.07) is 0. The molecule has 0 unspecified atom stereocenters. The van der Waals surface area contributed by atoms with E-state index >= 15 is 0 Å². The van der Waals surface area contributed by atoms with Crippen LogP contribution in [0.15, 0.2) is 0 Å². The first-order valence-electron chi connectivity index (χ1n) is 3.18. The average molecular weight is 176 g/mol. The molecule has 12 heavy (non-hydrogen) atoms. The quantitative estimate of drug-likeness (QED) is 0.401. The van der Waals surface area contributed by atoms with E-state index in [-0.39, 0.29) is 0 Å². The summed E-state index contributed by atoms with van der Waals surface area (Å²) in [4.78, 5) is 32.0. The van der Waals surface area contributed by atoms with Crippen molar-refractivity contribution in [3.05, 3.63) is 0 Å². The molecule has 0 saturated carbocycles. The minimum Gasteiger partial charge on any atom is -0.340 e. The van der Waals surface area contributed by atoms with Crippen molar-refractivity contribution in [1.82, 2.24) is 10.1 Å². The molecule has 0 heterocycles. The summed E-state index contributed by atoms with van der Waals surface area (Å²) in [5.41, 5.74) is 0. The number of hydroxylamine groups is 2. The first-order valence-corrected chi connectivity index (χ1v) is 3.18. The second kappa shape index (κ2) is 4.68. The summed E-state index contributed by atoms with van der Waals surface area (Å²) in [5.74, 6) is -1.58. The maximum Gasteiger partial charge on any atom is 0.361 e. The highest BCUT2D eigenvalue weighted by Gasteiger charge is 2.23. The van der Waals surface area contributed by atoms with Crippen molar-refractivity contribution in [2.24, 2.45) is 0 Å². The van der Waals surface area contributed by atoms with Crippen molar-refractivity contribution < 1.29 is 19.3 Å². The van der Waals surface area contributed by atoms with E-state index < -0.39 is 11.8 Å². The minimum atomic E-state index is -0.870. The first-order chi connectivity index (χ1) is 5.54. The van der Waals surface area contributed by atoms with Crippen molar-refractivity contribution in [1.29, 1.82) is 0 Å². The number of likely N-dealkylation sites (N-methyl/N-ethyl adjacent to an activating group) is 1.